The fourth-order valence-corrected chi connectivity index (χ4v) is 2.34. The summed E-state index contributed by atoms with van der Waals surface area (Å²) in [7, 11) is 0. The van der Waals surface area contributed by atoms with E-state index >= 15 is 0 Å². The molecule has 0 aliphatic heterocycles. The lowest BCUT2D eigenvalue weighted by Crippen LogP contribution is -2.37. The molecule has 4 N–H and O–H groups in total. The van der Waals surface area contributed by atoms with Crippen LogP contribution in [-0.4, -0.2) is 12.1 Å². The topological polar surface area (TPSA) is 67.2 Å². The minimum Gasteiger partial charge on any atom is -0.335 e. The van der Waals surface area contributed by atoms with Gasteiger partial charge in [-0.1, -0.05) is 45.2 Å². The number of rotatable bonds is 8. The summed E-state index contributed by atoms with van der Waals surface area (Å²) in [5.41, 5.74) is 7.66. The van der Waals surface area contributed by atoms with Crippen molar-refractivity contribution in [1.82, 2.24) is 5.32 Å². The van der Waals surface area contributed by atoms with Crippen LogP contribution in [0.3, 0.4) is 0 Å². The zero-order valence-corrected chi connectivity index (χ0v) is 13.5. The number of carbonyl (C=O) groups is 1. The summed E-state index contributed by atoms with van der Waals surface area (Å²) in [6.07, 6.45) is 5.44. The number of nitrogens with two attached hydrogens (primary N) is 1. The highest BCUT2D eigenvalue weighted by molar-refractivity contribution is 5.89. The van der Waals surface area contributed by atoms with E-state index in [0.29, 0.717) is 0 Å². The van der Waals surface area contributed by atoms with Crippen LogP contribution in [-0.2, 0) is 0 Å². The number of unbranched alkanes of at least 4 members (excludes halogenated alkanes) is 1. The standard InChI is InChI=1S/C17H29N3O/c1-4-6-10-15(8-5-2)19-17(21)20-16-11-7-9-14(12-16)13(3)18/h7,9,11-13,15H,4-6,8,10,18H2,1-3H3,(H2,19,20,21). The highest BCUT2D eigenvalue weighted by atomic mass is 16.2. The molecule has 0 saturated heterocycles. The summed E-state index contributed by atoms with van der Waals surface area (Å²) in [6.45, 7) is 6.24. The largest absolute Gasteiger partial charge is 0.335 e. The quantitative estimate of drug-likeness (QED) is 0.672. The SMILES string of the molecule is CCCCC(CCC)NC(=O)Nc1cccc(C(C)N)c1. The fourth-order valence-electron chi connectivity index (χ4n) is 2.34. The Morgan fingerprint density at radius 3 is 2.62 bits per heavy atom. The van der Waals surface area contributed by atoms with Crippen molar-refractivity contribution in [3.63, 3.8) is 0 Å². The molecule has 4 heteroatoms. The van der Waals surface area contributed by atoms with Crippen molar-refractivity contribution in [3.05, 3.63) is 29.8 Å². The molecule has 4 nitrogen and oxygen atoms in total. The molecule has 0 bridgehead atoms. The molecule has 21 heavy (non-hydrogen) atoms. The Morgan fingerprint density at radius 1 is 1.24 bits per heavy atom. The number of hydrogen-bond acceptors (Lipinski definition) is 2. The molecule has 0 heterocycles. The Hall–Kier alpha value is -1.55. The van der Waals surface area contributed by atoms with Gasteiger partial charge in [0.15, 0.2) is 0 Å². The Kier molecular flexibility index (Phi) is 7.83. The van der Waals surface area contributed by atoms with Gasteiger partial charge in [-0.25, -0.2) is 4.79 Å². The van der Waals surface area contributed by atoms with Crippen molar-refractivity contribution >= 4 is 11.7 Å². The van der Waals surface area contributed by atoms with Gasteiger partial charge in [0.25, 0.3) is 0 Å². The van der Waals surface area contributed by atoms with E-state index in [-0.39, 0.29) is 18.1 Å². The second-order valence-electron chi connectivity index (χ2n) is 5.64. The maximum atomic E-state index is 12.1. The van der Waals surface area contributed by atoms with Crippen LogP contribution in [0, 0.1) is 0 Å². The summed E-state index contributed by atoms with van der Waals surface area (Å²) in [5, 5.41) is 5.97. The number of anilines is 1. The summed E-state index contributed by atoms with van der Waals surface area (Å²) >= 11 is 0. The molecule has 1 aromatic carbocycles. The Labute approximate surface area is 128 Å². The van der Waals surface area contributed by atoms with Gasteiger partial charge >= 0.3 is 6.03 Å². The van der Waals surface area contributed by atoms with Crippen molar-refractivity contribution in [1.29, 1.82) is 0 Å². The maximum absolute atomic E-state index is 12.1. The van der Waals surface area contributed by atoms with Gasteiger partial charge in [-0.2, -0.15) is 0 Å². The minimum atomic E-state index is -0.133. The van der Waals surface area contributed by atoms with Gasteiger partial charge in [-0.3, -0.25) is 0 Å². The van der Waals surface area contributed by atoms with Crippen LogP contribution in [0.1, 0.15) is 64.5 Å². The minimum absolute atomic E-state index is 0.0350. The number of urea groups is 1. The number of carbonyl (C=O) groups excluding carboxylic acids is 1. The molecule has 0 saturated carbocycles. The molecule has 2 unspecified atom stereocenters. The second-order valence-corrected chi connectivity index (χ2v) is 5.64. The summed E-state index contributed by atoms with van der Waals surface area (Å²) < 4.78 is 0. The van der Waals surface area contributed by atoms with E-state index in [0.717, 1.165) is 43.4 Å². The van der Waals surface area contributed by atoms with E-state index in [4.69, 9.17) is 5.73 Å². The average Bonchev–Trinajstić information content (AvgIpc) is 2.45. The van der Waals surface area contributed by atoms with Crippen LogP contribution < -0.4 is 16.4 Å². The molecule has 118 valence electrons. The first-order valence-corrected chi connectivity index (χ1v) is 7.99. The lowest BCUT2D eigenvalue weighted by Gasteiger charge is -2.18. The third kappa shape index (κ3) is 6.63. The van der Waals surface area contributed by atoms with Crippen molar-refractivity contribution in [2.45, 2.75) is 65.0 Å². The molecule has 0 fully saturated rings. The fraction of sp³-hybridized carbons (Fsp3) is 0.588. The number of hydrogen-bond donors (Lipinski definition) is 3. The lowest BCUT2D eigenvalue weighted by molar-refractivity contribution is 0.246. The van der Waals surface area contributed by atoms with Crippen molar-refractivity contribution in [3.8, 4) is 0 Å². The molecule has 0 aliphatic carbocycles. The number of nitrogens with one attached hydrogen (secondary N) is 2. The predicted octanol–water partition coefficient (Wildman–Crippen LogP) is 4.19. The monoisotopic (exact) mass is 291 g/mol. The summed E-state index contributed by atoms with van der Waals surface area (Å²) in [6, 6.07) is 7.77. The molecule has 1 aromatic rings. The number of benzene rings is 1. The average molecular weight is 291 g/mol. The van der Waals surface area contributed by atoms with E-state index in [1.807, 2.05) is 31.2 Å². The van der Waals surface area contributed by atoms with E-state index < -0.39 is 0 Å². The van der Waals surface area contributed by atoms with Gasteiger partial charge in [-0.15, -0.1) is 0 Å². The molecule has 2 amide bonds. The van der Waals surface area contributed by atoms with Gasteiger partial charge in [-0.05, 0) is 37.5 Å². The van der Waals surface area contributed by atoms with Crippen LogP contribution in [0.25, 0.3) is 0 Å². The number of amides is 2. The molecule has 0 aromatic heterocycles. The van der Waals surface area contributed by atoms with Crippen LogP contribution in [0.4, 0.5) is 10.5 Å². The highest BCUT2D eigenvalue weighted by Gasteiger charge is 2.11. The van der Waals surface area contributed by atoms with Crippen molar-refractivity contribution in [2.75, 3.05) is 5.32 Å². The predicted molar refractivity (Wildman–Crippen MR) is 89.4 cm³/mol. The molecule has 2 atom stereocenters. The van der Waals surface area contributed by atoms with Gasteiger partial charge < -0.3 is 16.4 Å². The van der Waals surface area contributed by atoms with Crippen LogP contribution in [0.5, 0.6) is 0 Å². The van der Waals surface area contributed by atoms with Gasteiger partial charge in [0.05, 0.1) is 0 Å². The van der Waals surface area contributed by atoms with Gasteiger partial charge in [0.2, 0.25) is 0 Å². The molecular weight excluding hydrogens is 262 g/mol. The van der Waals surface area contributed by atoms with Crippen LogP contribution in [0.2, 0.25) is 0 Å². The second kappa shape index (κ2) is 9.40. The zero-order valence-electron chi connectivity index (χ0n) is 13.5. The lowest BCUT2D eigenvalue weighted by atomic mass is 10.1. The Bertz CT molecular complexity index is 432. The molecule has 0 radical (unpaired) electrons. The van der Waals surface area contributed by atoms with E-state index in [2.05, 4.69) is 24.5 Å². The smallest absolute Gasteiger partial charge is 0.319 e. The normalized spacial score (nSPS) is 13.5. The first-order valence-electron chi connectivity index (χ1n) is 7.99. The molecule has 0 spiro atoms. The zero-order chi connectivity index (χ0) is 15.7. The van der Waals surface area contributed by atoms with Crippen molar-refractivity contribution in [2.24, 2.45) is 5.73 Å². The van der Waals surface area contributed by atoms with E-state index in [9.17, 15) is 4.79 Å². The summed E-state index contributed by atoms with van der Waals surface area (Å²) in [4.78, 5) is 12.1. The van der Waals surface area contributed by atoms with E-state index in [1.54, 1.807) is 0 Å². The highest BCUT2D eigenvalue weighted by Crippen LogP contribution is 2.15. The maximum Gasteiger partial charge on any atom is 0.319 e. The summed E-state index contributed by atoms with van der Waals surface area (Å²) in [5.74, 6) is 0. The Morgan fingerprint density at radius 2 is 2.00 bits per heavy atom. The van der Waals surface area contributed by atoms with Crippen LogP contribution in [0.15, 0.2) is 24.3 Å². The Balaban J connectivity index is 2.56. The third-order valence-corrected chi connectivity index (χ3v) is 3.55. The molecule has 0 aliphatic rings. The van der Waals surface area contributed by atoms with Crippen molar-refractivity contribution < 1.29 is 4.79 Å². The first-order chi connectivity index (χ1) is 10.1. The third-order valence-electron chi connectivity index (χ3n) is 3.55. The first kappa shape index (κ1) is 17.5. The molecular formula is C17H29N3O. The van der Waals surface area contributed by atoms with Gasteiger partial charge in [0, 0.05) is 17.8 Å². The molecule has 1 rings (SSSR count). The van der Waals surface area contributed by atoms with Crippen LogP contribution >= 0.6 is 0 Å². The van der Waals surface area contributed by atoms with E-state index in [1.165, 1.54) is 0 Å². The van der Waals surface area contributed by atoms with Gasteiger partial charge in [0.1, 0.15) is 0 Å².